The lowest BCUT2D eigenvalue weighted by molar-refractivity contribution is -0.138. The number of ether oxygens (including phenoxy) is 1. The molecule has 0 unspecified atom stereocenters. The van der Waals surface area contributed by atoms with Crippen molar-refractivity contribution in [2.45, 2.75) is 51.6 Å². The number of esters is 1. The zero-order chi connectivity index (χ0) is 21.0. The minimum absolute atomic E-state index is 0.235. The number of carbonyl (C=O) groups excluding carboxylic acids is 1. The maximum absolute atomic E-state index is 13.1. The van der Waals surface area contributed by atoms with Crippen molar-refractivity contribution < 1.29 is 9.53 Å². The number of hydrogen-bond acceptors (Lipinski definition) is 6. The van der Waals surface area contributed by atoms with Crippen LogP contribution in [0.1, 0.15) is 56.2 Å². The number of aromatic amines is 1. The summed E-state index contributed by atoms with van der Waals surface area (Å²) in [6, 6.07) is 7.85. The fourth-order valence-electron chi connectivity index (χ4n) is 3.38. The van der Waals surface area contributed by atoms with Crippen LogP contribution >= 0.6 is 11.8 Å². The van der Waals surface area contributed by atoms with E-state index in [9.17, 15) is 9.59 Å². The Bertz CT molecular complexity index is 980. The second kappa shape index (κ2) is 9.31. The van der Waals surface area contributed by atoms with Gasteiger partial charge >= 0.3 is 5.97 Å². The molecular formula is C22H27N3O3S. The fourth-order valence-corrected chi connectivity index (χ4v) is 4.33. The summed E-state index contributed by atoms with van der Waals surface area (Å²) < 4.78 is 5.30. The van der Waals surface area contributed by atoms with E-state index in [2.05, 4.69) is 22.2 Å². The predicted octanol–water partition coefficient (Wildman–Crippen LogP) is 4.37. The van der Waals surface area contributed by atoms with Gasteiger partial charge in [0.2, 0.25) is 0 Å². The molecule has 6 nitrogen and oxygen atoms in total. The molecule has 1 aromatic carbocycles. The number of nitrogens with one attached hydrogen (secondary N) is 2. The Kier molecular flexibility index (Phi) is 6.79. The number of allylic oxidation sites excluding steroid dienone is 1. The van der Waals surface area contributed by atoms with E-state index >= 15 is 0 Å². The van der Waals surface area contributed by atoms with Crippen molar-refractivity contribution in [2.75, 3.05) is 17.7 Å². The smallest absolute Gasteiger partial charge is 0.336 e. The number of aryl methyl sites for hydroxylation is 1. The summed E-state index contributed by atoms with van der Waals surface area (Å²) in [5.74, 6) is 0.443. The van der Waals surface area contributed by atoms with E-state index in [-0.39, 0.29) is 12.2 Å². The normalized spacial score (nSPS) is 15.7. The first kappa shape index (κ1) is 21.2. The average molecular weight is 414 g/mol. The number of thioether (sulfide) groups is 1. The molecule has 1 aliphatic rings. The lowest BCUT2D eigenvalue weighted by Crippen LogP contribution is -2.31. The molecule has 154 valence electrons. The number of unbranched alkanes of at least 4 members (excludes halogenated alkanes) is 1. The Morgan fingerprint density at radius 2 is 1.93 bits per heavy atom. The lowest BCUT2D eigenvalue weighted by atomic mass is 9.82. The number of rotatable bonds is 7. The standard InChI is InChI=1S/C22H27N3O3S/c1-5-7-12-29-22-24-19-18(20(26)25-22)17(15-10-8-13(3)9-11-15)16(14(4)23-19)21(27)28-6-2/h8-11,17H,5-7,12H2,1-4H3,(H2,23,24,25,26)/t17-/m0/s1. The molecule has 2 aromatic rings. The summed E-state index contributed by atoms with van der Waals surface area (Å²) in [4.78, 5) is 33.4. The summed E-state index contributed by atoms with van der Waals surface area (Å²) in [5.41, 5.74) is 3.28. The Labute approximate surface area is 175 Å². The number of anilines is 1. The minimum atomic E-state index is -0.531. The van der Waals surface area contributed by atoms with Gasteiger partial charge in [-0.05, 0) is 32.8 Å². The third kappa shape index (κ3) is 4.56. The molecule has 2 N–H and O–H groups in total. The average Bonchev–Trinajstić information content (AvgIpc) is 2.68. The van der Waals surface area contributed by atoms with Crippen LogP contribution in [0.4, 0.5) is 5.82 Å². The summed E-state index contributed by atoms with van der Waals surface area (Å²) in [6.07, 6.45) is 2.14. The van der Waals surface area contributed by atoms with Crippen LogP contribution in [0.2, 0.25) is 0 Å². The highest BCUT2D eigenvalue weighted by atomic mass is 32.2. The van der Waals surface area contributed by atoms with Gasteiger partial charge in [0.1, 0.15) is 5.82 Å². The molecule has 0 bridgehead atoms. The topological polar surface area (TPSA) is 84.1 Å². The first-order valence-corrected chi connectivity index (χ1v) is 10.9. The van der Waals surface area contributed by atoms with E-state index in [1.807, 2.05) is 38.1 Å². The van der Waals surface area contributed by atoms with Crippen LogP contribution in [-0.2, 0) is 9.53 Å². The zero-order valence-corrected chi connectivity index (χ0v) is 18.1. The van der Waals surface area contributed by atoms with E-state index in [4.69, 9.17) is 4.74 Å². The molecule has 0 fully saturated rings. The van der Waals surface area contributed by atoms with Gasteiger partial charge in [0.05, 0.1) is 23.7 Å². The number of fused-ring (bicyclic) bond motifs is 1. The molecule has 1 aromatic heterocycles. The fraction of sp³-hybridized carbons (Fsp3) is 0.409. The van der Waals surface area contributed by atoms with Crippen molar-refractivity contribution in [3.05, 3.63) is 62.6 Å². The predicted molar refractivity (Wildman–Crippen MR) is 116 cm³/mol. The SMILES string of the molecule is CCCCSc1nc2c(c(=O)[nH]1)[C@@H](c1ccc(C)cc1)C(C(=O)OCC)=C(C)N2. The molecule has 0 radical (unpaired) electrons. The highest BCUT2D eigenvalue weighted by Crippen LogP contribution is 2.40. The van der Waals surface area contributed by atoms with Crippen LogP contribution < -0.4 is 10.9 Å². The maximum atomic E-state index is 13.1. The van der Waals surface area contributed by atoms with Gasteiger partial charge in [-0.15, -0.1) is 0 Å². The van der Waals surface area contributed by atoms with Gasteiger partial charge in [-0.2, -0.15) is 0 Å². The quantitative estimate of drug-likeness (QED) is 0.304. The number of carbonyl (C=O) groups is 1. The highest BCUT2D eigenvalue weighted by Gasteiger charge is 2.36. The molecule has 0 spiro atoms. The second-order valence-corrected chi connectivity index (χ2v) is 8.15. The molecule has 3 rings (SSSR count). The lowest BCUT2D eigenvalue weighted by Gasteiger charge is -2.28. The van der Waals surface area contributed by atoms with Crippen molar-refractivity contribution >= 4 is 23.5 Å². The van der Waals surface area contributed by atoms with Gasteiger partial charge in [0.25, 0.3) is 5.56 Å². The van der Waals surface area contributed by atoms with E-state index in [1.54, 1.807) is 6.92 Å². The number of H-pyrrole nitrogens is 1. The molecule has 0 saturated carbocycles. The van der Waals surface area contributed by atoms with Crippen molar-refractivity contribution in [3.8, 4) is 0 Å². The monoisotopic (exact) mass is 413 g/mol. The van der Waals surface area contributed by atoms with E-state index in [0.717, 1.165) is 29.7 Å². The van der Waals surface area contributed by atoms with Gasteiger partial charge in [0.15, 0.2) is 5.16 Å². The van der Waals surface area contributed by atoms with Gasteiger partial charge in [-0.3, -0.25) is 4.79 Å². The van der Waals surface area contributed by atoms with Crippen LogP contribution in [0.15, 0.2) is 45.5 Å². The third-order valence-electron chi connectivity index (χ3n) is 4.86. The van der Waals surface area contributed by atoms with Gasteiger partial charge in [0, 0.05) is 11.4 Å². The van der Waals surface area contributed by atoms with Crippen molar-refractivity contribution in [1.82, 2.24) is 9.97 Å². The summed E-state index contributed by atoms with van der Waals surface area (Å²) in [6.45, 7) is 7.99. The van der Waals surface area contributed by atoms with Gasteiger partial charge in [-0.25, -0.2) is 9.78 Å². The molecule has 0 amide bonds. The molecule has 7 heteroatoms. The first-order valence-electron chi connectivity index (χ1n) is 9.94. The third-order valence-corrected chi connectivity index (χ3v) is 5.82. The van der Waals surface area contributed by atoms with Crippen molar-refractivity contribution in [2.24, 2.45) is 0 Å². The van der Waals surface area contributed by atoms with Crippen LogP contribution in [0.5, 0.6) is 0 Å². The van der Waals surface area contributed by atoms with Crippen molar-refractivity contribution in [1.29, 1.82) is 0 Å². The largest absolute Gasteiger partial charge is 0.463 e. The maximum Gasteiger partial charge on any atom is 0.336 e. The minimum Gasteiger partial charge on any atom is -0.463 e. The molecule has 2 heterocycles. The van der Waals surface area contributed by atoms with Gasteiger partial charge in [-0.1, -0.05) is 54.9 Å². The number of nitrogens with zero attached hydrogens (tertiary/aromatic N) is 1. The zero-order valence-electron chi connectivity index (χ0n) is 17.3. The Morgan fingerprint density at radius 3 is 2.59 bits per heavy atom. The molecule has 0 saturated heterocycles. The Morgan fingerprint density at radius 1 is 1.21 bits per heavy atom. The molecular weight excluding hydrogens is 386 g/mol. The van der Waals surface area contributed by atoms with Crippen LogP contribution in [-0.4, -0.2) is 28.3 Å². The summed E-state index contributed by atoms with van der Waals surface area (Å²) in [5, 5.41) is 3.75. The van der Waals surface area contributed by atoms with E-state index in [0.29, 0.717) is 27.8 Å². The Balaban J connectivity index is 2.12. The second-order valence-electron chi connectivity index (χ2n) is 7.06. The number of benzene rings is 1. The van der Waals surface area contributed by atoms with Gasteiger partial charge < -0.3 is 15.0 Å². The summed E-state index contributed by atoms with van der Waals surface area (Å²) >= 11 is 1.53. The van der Waals surface area contributed by atoms with Crippen LogP contribution in [0.3, 0.4) is 0 Å². The van der Waals surface area contributed by atoms with E-state index < -0.39 is 11.9 Å². The van der Waals surface area contributed by atoms with Crippen LogP contribution in [0.25, 0.3) is 0 Å². The van der Waals surface area contributed by atoms with Crippen LogP contribution in [0, 0.1) is 6.92 Å². The molecule has 1 atom stereocenters. The number of hydrogen-bond donors (Lipinski definition) is 2. The first-order chi connectivity index (χ1) is 14.0. The Hall–Kier alpha value is -2.54. The molecule has 0 aliphatic carbocycles. The molecule has 1 aliphatic heterocycles. The summed E-state index contributed by atoms with van der Waals surface area (Å²) in [7, 11) is 0. The number of aromatic nitrogens is 2. The van der Waals surface area contributed by atoms with E-state index in [1.165, 1.54) is 11.8 Å². The molecule has 29 heavy (non-hydrogen) atoms. The highest BCUT2D eigenvalue weighted by molar-refractivity contribution is 7.99. The van der Waals surface area contributed by atoms with Crippen molar-refractivity contribution in [3.63, 3.8) is 0 Å².